The first-order chi connectivity index (χ1) is 14.2. The fraction of sp³-hybridized carbons (Fsp3) is 0.682. The SMILES string of the molecule is CCNC(=NCC(C)N1CCN(c2ccccc2)CC1)NCCCOCCOC.I. The van der Waals surface area contributed by atoms with Gasteiger partial charge in [-0.05, 0) is 32.4 Å². The lowest BCUT2D eigenvalue weighted by Gasteiger charge is -2.38. The number of guanidine groups is 1. The molecular formula is C22H40IN5O2. The van der Waals surface area contributed by atoms with Crippen molar-refractivity contribution in [2.45, 2.75) is 26.3 Å². The number of nitrogens with one attached hydrogen (secondary N) is 2. The van der Waals surface area contributed by atoms with Crippen LogP contribution in [0.5, 0.6) is 0 Å². The molecule has 0 radical (unpaired) electrons. The number of nitrogens with zero attached hydrogens (tertiary/aromatic N) is 3. The van der Waals surface area contributed by atoms with E-state index in [0.717, 1.165) is 64.8 Å². The monoisotopic (exact) mass is 533 g/mol. The Bertz CT molecular complexity index is 568. The third-order valence-corrected chi connectivity index (χ3v) is 5.11. The van der Waals surface area contributed by atoms with Crippen molar-refractivity contribution in [2.24, 2.45) is 4.99 Å². The Morgan fingerprint density at radius 1 is 1.07 bits per heavy atom. The number of halogens is 1. The normalized spacial score (nSPS) is 16.1. The number of anilines is 1. The van der Waals surface area contributed by atoms with Crippen LogP contribution in [0.25, 0.3) is 0 Å². The summed E-state index contributed by atoms with van der Waals surface area (Å²) >= 11 is 0. The second-order valence-electron chi connectivity index (χ2n) is 7.31. The van der Waals surface area contributed by atoms with E-state index in [2.05, 4.69) is 64.6 Å². The molecule has 1 heterocycles. The Hall–Kier alpha value is -1.10. The molecule has 1 atom stereocenters. The molecule has 1 aliphatic rings. The number of aliphatic imine (C=N–C) groups is 1. The smallest absolute Gasteiger partial charge is 0.191 e. The van der Waals surface area contributed by atoms with Gasteiger partial charge in [0.1, 0.15) is 0 Å². The molecule has 1 fully saturated rings. The summed E-state index contributed by atoms with van der Waals surface area (Å²) in [6.07, 6.45) is 0.950. The molecule has 8 heteroatoms. The fourth-order valence-electron chi connectivity index (χ4n) is 3.37. The van der Waals surface area contributed by atoms with E-state index >= 15 is 0 Å². The summed E-state index contributed by atoms with van der Waals surface area (Å²) in [5.74, 6) is 0.888. The molecule has 0 bridgehead atoms. The number of hydrogen-bond acceptors (Lipinski definition) is 5. The maximum absolute atomic E-state index is 5.50. The van der Waals surface area contributed by atoms with E-state index < -0.39 is 0 Å². The summed E-state index contributed by atoms with van der Waals surface area (Å²) in [5, 5.41) is 6.73. The highest BCUT2D eigenvalue weighted by molar-refractivity contribution is 14.0. The molecule has 1 saturated heterocycles. The third kappa shape index (κ3) is 10.3. The summed E-state index contributed by atoms with van der Waals surface area (Å²) in [7, 11) is 1.69. The van der Waals surface area contributed by atoms with Gasteiger partial charge in [0.2, 0.25) is 0 Å². The molecule has 30 heavy (non-hydrogen) atoms. The fourth-order valence-corrected chi connectivity index (χ4v) is 3.37. The van der Waals surface area contributed by atoms with Crippen LogP contribution in [0, 0.1) is 0 Å². The lowest BCUT2D eigenvalue weighted by molar-refractivity contribution is 0.0698. The van der Waals surface area contributed by atoms with Crippen molar-refractivity contribution in [2.75, 3.05) is 77.6 Å². The van der Waals surface area contributed by atoms with E-state index in [4.69, 9.17) is 14.5 Å². The third-order valence-electron chi connectivity index (χ3n) is 5.11. The van der Waals surface area contributed by atoms with E-state index in [1.165, 1.54) is 5.69 Å². The first-order valence-electron chi connectivity index (χ1n) is 10.9. The maximum atomic E-state index is 5.50. The summed E-state index contributed by atoms with van der Waals surface area (Å²) in [5.41, 5.74) is 1.32. The Labute approximate surface area is 199 Å². The molecule has 1 unspecified atom stereocenters. The van der Waals surface area contributed by atoms with Gasteiger partial charge in [0.25, 0.3) is 0 Å². The highest BCUT2D eigenvalue weighted by Crippen LogP contribution is 2.16. The van der Waals surface area contributed by atoms with Gasteiger partial charge in [0, 0.05) is 64.7 Å². The van der Waals surface area contributed by atoms with Gasteiger partial charge < -0.3 is 25.0 Å². The summed E-state index contributed by atoms with van der Waals surface area (Å²) in [4.78, 5) is 9.79. The number of methoxy groups -OCH3 is 1. The molecule has 172 valence electrons. The first kappa shape index (κ1) is 26.9. The molecule has 0 aromatic heterocycles. The number of hydrogen-bond donors (Lipinski definition) is 2. The average molecular weight is 533 g/mol. The Balaban J connectivity index is 0.00000450. The van der Waals surface area contributed by atoms with E-state index in [9.17, 15) is 0 Å². The van der Waals surface area contributed by atoms with Gasteiger partial charge in [-0.2, -0.15) is 0 Å². The quantitative estimate of drug-likeness (QED) is 0.186. The van der Waals surface area contributed by atoms with Crippen molar-refractivity contribution in [1.29, 1.82) is 0 Å². The summed E-state index contributed by atoms with van der Waals surface area (Å²) in [6, 6.07) is 11.1. The number of para-hydroxylation sites is 1. The van der Waals surface area contributed by atoms with Crippen LogP contribution >= 0.6 is 24.0 Å². The van der Waals surface area contributed by atoms with Crippen LogP contribution in [0.15, 0.2) is 35.3 Å². The van der Waals surface area contributed by atoms with Crippen LogP contribution in [0.3, 0.4) is 0 Å². The Morgan fingerprint density at radius 2 is 1.80 bits per heavy atom. The van der Waals surface area contributed by atoms with Crippen LogP contribution in [0.2, 0.25) is 0 Å². The zero-order valence-electron chi connectivity index (χ0n) is 18.8. The zero-order chi connectivity index (χ0) is 20.7. The molecule has 0 saturated carbocycles. The highest BCUT2D eigenvalue weighted by atomic mass is 127. The van der Waals surface area contributed by atoms with Gasteiger partial charge in [-0.1, -0.05) is 18.2 Å². The van der Waals surface area contributed by atoms with Crippen LogP contribution in [-0.4, -0.2) is 89.6 Å². The lowest BCUT2D eigenvalue weighted by Crippen LogP contribution is -2.50. The predicted octanol–water partition coefficient (Wildman–Crippen LogP) is 2.42. The molecule has 0 amide bonds. The Morgan fingerprint density at radius 3 is 2.47 bits per heavy atom. The minimum atomic E-state index is 0. The van der Waals surface area contributed by atoms with Crippen molar-refractivity contribution >= 4 is 35.6 Å². The van der Waals surface area contributed by atoms with Crippen LogP contribution in [0.4, 0.5) is 5.69 Å². The second-order valence-corrected chi connectivity index (χ2v) is 7.31. The largest absolute Gasteiger partial charge is 0.382 e. The maximum Gasteiger partial charge on any atom is 0.191 e. The van der Waals surface area contributed by atoms with Crippen LogP contribution in [0.1, 0.15) is 20.3 Å². The molecule has 1 aromatic carbocycles. The number of rotatable bonds is 12. The van der Waals surface area contributed by atoms with Gasteiger partial charge >= 0.3 is 0 Å². The molecule has 1 aliphatic heterocycles. The van der Waals surface area contributed by atoms with Gasteiger partial charge in [-0.15, -0.1) is 24.0 Å². The predicted molar refractivity (Wildman–Crippen MR) is 136 cm³/mol. The Kier molecular flexibility index (Phi) is 14.9. The molecule has 0 spiro atoms. The summed E-state index contributed by atoms with van der Waals surface area (Å²) < 4.78 is 10.5. The molecule has 1 aromatic rings. The lowest BCUT2D eigenvalue weighted by atomic mass is 10.2. The minimum absolute atomic E-state index is 0. The average Bonchev–Trinajstić information content (AvgIpc) is 2.77. The minimum Gasteiger partial charge on any atom is -0.382 e. The van der Waals surface area contributed by atoms with Crippen molar-refractivity contribution in [3.8, 4) is 0 Å². The van der Waals surface area contributed by atoms with Crippen LogP contribution < -0.4 is 15.5 Å². The van der Waals surface area contributed by atoms with E-state index in [1.807, 2.05) is 0 Å². The van der Waals surface area contributed by atoms with Crippen molar-refractivity contribution in [3.63, 3.8) is 0 Å². The van der Waals surface area contributed by atoms with Gasteiger partial charge in [-0.3, -0.25) is 9.89 Å². The van der Waals surface area contributed by atoms with E-state index in [0.29, 0.717) is 19.3 Å². The first-order valence-corrected chi connectivity index (χ1v) is 10.9. The zero-order valence-corrected chi connectivity index (χ0v) is 21.1. The van der Waals surface area contributed by atoms with E-state index in [-0.39, 0.29) is 24.0 Å². The molecule has 2 N–H and O–H groups in total. The van der Waals surface area contributed by atoms with Gasteiger partial charge in [0.15, 0.2) is 5.96 Å². The molecule has 2 rings (SSSR count). The van der Waals surface area contributed by atoms with Gasteiger partial charge in [0.05, 0.1) is 19.8 Å². The molecule has 0 aliphatic carbocycles. The molecule has 7 nitrogen and oxygen atoms in total. The number of piperazine rings is 1. The standard InChI is InChI=1S/C22H39N5O2.HI/c1-4-23-22(24-11-8-16-29-18-17-28-3)25-19-20(2)26-12-14-27(15-13-26)21-9-6-5-7-10-21;/h5-7,9-10,20H,4,8,11-19H2,1-3H3,(H2,23,24,25);1H. The topological polar surface area (TPSA) is 61.4 Å². The van der Waals surface area contributed by atoms with Crippen molar-refractivity contribution in [3.05, 3.63) is 30.3 Å². The summed E-state index contributed by atoms with van der Waals surface area (Å²) in [6.45, 7) is 13.2. The second kappa shape index (κ2) is 16.6. The number of ether oxygens (including phenoxy) is 2. The van der Waals surface area contributed by atoms with Crippen molar-refractivity contribution in [1.82, 2.24) is 15.5 Å². The van der Waals surface area contributed by atoms with Gasteiger partial charge in [-0.25, -0.2) is 0 Å². The van der Waals surface area contributed by atoms with E-state index in [1.54, 1.807) is 7.11 Å². The van der Waals surface area contributed by atoms with Crippen molar-refractivity contribution < 1.29 is 9.47 Å². The van der Waals surface area contributed by atoms with Crippen LogP contribution in [-0.2, 0) is 9.47 Å². The highest BCUT2D eigenvalue weighted by Gasteiger charge is 2.21. The molecular weight excluding hydrogens is 493 g/mol. The number of benzene rings is 1.